The predicted molar refractivity (Wildman–Crippen MR) is 91.2 cm³/mol. The fourth-order valence-electron chi connectivity index (χ4n) is 3.51. The van der Waals surface area contributed by atoms with Gasteiger partial charge in [0.25, 0.3) is 0 Å². The molecule has 4 rings (SSSR count). The van der Waals surface area contributed by atoms with E-state index in [9.17, 15) is 5.11 Å². The van der Waals surface area contributed by atoms with Gasteiger partial charge in [-0.3, -0.25) is 0 Å². The molecule has 1 aromatic carbocycles. The van der Waals surface area contributed by atoms with Crippen molar-refractivity contribution in [3.63, 3.8) is 0 Å². The van der Waals surface area contributed by atoms with Gasteiger partial charge < -0.3 is 14.7 Å². The Labute approximate surface area is 136 Å². The van der Waals surface area contributed by atoms with Crippen LogP contribution in [0, 0.1) is 0 Å². The van der Waals surface area contributed by atoms with Crippen LogP contribution < -0.4 is 4.74 Å². The number of allylic oxidation sites excluding steroid dienone is 2. The van der Waals surface area contributed by atoms with E-state index in [4.69, 9.17) is 4.74 Å². The zero-order valence-electron chi connectivity index (χ0n) is 13.2. The Bertz CT molecular complexity index is 654. The van der Waals surface area contributed by atoms with Gasteiger partial charge in [-0.2, -0.15) is 0 Å². The van der Waals surface area contributed by atoms with E-state index in [-0.39, 0.29) is 0 Å². The third-order valence-corrected chi connectivity index (χ3v) is 4.69. The van der Waals surface area contributed by atoms with E-state index in [2.05, 4.69) is 17.1 Å². The van der Waals surface area contributed by atoms with E-state index in [1.165, 1.54) is 32.1 Å². The molecule has 4 heteroatoms. The summed E-state index contributed by atoms with van der Waals surface area (Å²) in [5.41, 5.74) is 2.15. The second kappa shape index (κ2) is 6.20. The van der Waals surface area contributed by atoms with Gasteiger partial charge in [0.05, 0.1) is 12.6 Å². The summed E-state index contributed by atoms with van der Waals surface area (Å²) < 4.78 is 6.09. The van der Waals surface area contributed by atoms with Crippen LogP contribution in [0.15, 0.2) is 47.6 Å². The van der Waals surface area contributed by atoms with Gasteiger partial charge in [0, 0.05) is 11.8 Å². The summed E-state index contributed by atoms with van der Waals surface area (Å²) in [7, 11) is 0. The van der Waals surface area contributed by atoms with Crippen LogP contribution in [0.1, 0.15) is 37.7 Å². The lowest BCUT2D eigenvalue weighted by atomic mass is 9.97. The van der Waals surface area contributed by atoms with Gasteiger partial charge in [-0.25, -0.2) is 4.99 Å². The molecule has 2 heterocycles. The number of rotatable bonds is 3. The van der Waals surface area contributed by atoms with Crippen LogP contribution in [0.5, 0.6) is 5.75 Å². The average Bonchev–Trinajstić information content (AvgIpc) is 2.97. The fourth-order valence-corrected chi connectivity index (χ4v) is 3.51. The molecule has 120 valence electrons. The lowest BCUT2D eigenvalue weighted by molar-refractivity contribution is 0.155. The number of hydrogen-bond donors (Lipinski definition) is 1. The van der Waals surface area contributed by atoms with E-state index in [1.54, 1.807) is 0 Å². The maximum Gasteiger partial charge on any atom is 0.165 e. The Hall–Kier alpha value is -2.07. The highest BCUT2D eigenvalue weighted by Gasteiger charge is 2.26. The SMILES string of the molecule is OC1CN2C=CC=C(c3ccc(OC4CCCCC4)cc3)C2=N1. The number of hydrogen-bond acceptors (Lipinski definition) is 4. The van der Waals surface area contributed by atoms with Crippen LogP contribution in [0.4, 0.5) is 0 Å². The number of benzene rings is 1. The summed E-state index contributed by atoms with van der Waals surface area (Å²) >= 11 is 0. The van der Waals surface area contributed by atoms with Gasteiger partial charge in [0.1, 0.15) is 11.6 Å². The predicted octanol–water partition coefficient (Wildman–Crippen LogP) is 3.34. The second-order valence-electron chi connectivity index (χ2n) is 6.41. The zero-order chi connectivity index (χ0) is 15.6. The van der Waals surface area contributed by atoms with Gasteiger partial charge in [-0.15, -0.1) is 0 Å². The second-order valence-corrected chi connectivity index (χ2v) is 6.41. The summed E-state index contributed by atoms with van der Waals surface area (Å²) in [4.78, 5) is 6.32. The highest BCUT2D eigenvalue weighted by atomic mass is 16.5. The summed E-state index contributed by atoms with van der Waals surface area (Å²) in [6.45, 7) is 0.534. The molecule has 0 radical (unpaired) electrons. The number of fused-ring (bicyclic) bond motifs is 1. The standard InChI is InChI=1S/C19H22N2O2/c22-18-13-21-12-4-7-17(19(21)20-18)14-8-10-16(11-9-14)23-15-5-2-1-3-6-15/h4,7-12,15,18,22H,1-3,5-6,13H2. The number of amidine groups is 1. The molecule has 1 N–H and O–H groups in total. The molecule has 1 aromatic rings. The summed E-state index contributed by atoms with van der Waals surface area (Å²) in [6, 6.07) is 8.24. The average molecular weight is 310 g/mol. The van der Waals surface area contributed by atoms with Gasteiger partial charge in [-0.05, 0) is 55.5 Å². The molecule has 0 amide bonds. The van der Waals surface area contributed by atoms with Crippen molar-refractivity contribution in [1.29, 1.82) is 0 Å². The van der Waals surface area contributed by atoms with Crippen molar-refractivity contribution in [3.8, 4) is 5.75 Å². The van der Waals surface area contributed by atoms with Crippen molar-refractivity contribution < 1.29 is 9.84 Å². The number of nitrogens with zero attached hydrogens (tertiary/aromatic N) is 2. The molecule has 0 spiro atoms. The van der Waals surface area contributed by atoms with Crippen LogP contribution in [-0.2, 0) is 0 Å². The number of aliphatic imine (C=N–C) groups is 1. The maximum atomic E-state index is 9.74. The molecule has 0 saturated heterocycles. The molecule has 0 bridgehead atoms. The lowest BCUT2D eigenvalue weighted by Gasteiger charge is -2.23. The number of aliphatic hydroxyl groups is 1. The van der Waals surface area contributed by atoms with Crippen molar-refractivity contribution in [1.82, 2.24) is 4.90 Å². The zero-order valence-corrected chi connectivity index (χ0v) is 13.2. The third kappa shape index (κ3) is 3.04. The summed E-state index contributed by atoms with van der Waals surface area (Å²) in [5, 5.41) is 9.74. The number of ether oxygens (including phenoxy) is 1. The molecule has 0 aromatic heterocycles. The normalized spacial score (nSPS) is 24.2. The molecule has 4 nitrogen and oxygen atoms in total. The first-order valence-electron chi connectivity index (χ1n) is 8.48. The number of aliphatic hydroxyl groups excluding tert-OH is 1. The van der Waals surface area contributed by atoms with E-state index in [1.807, 2.05) is 35.4 Å². The van der Waals surface area contributed by atoms with Crippen LogP contribution in [-0.4, -0.2) is 34.7 Å². The van der Waals surface area contributed by atoms with Gasteiger partial charge in [0.2, 0.25) is 0 Å². The molecule has 1 aliphatic carbocycles. The Balaban J connectivity index is 1.50. The fraction of sp³-hybridized carbons (Fsp3) is 0.421. The highest BCUT2D eigenvalue weighted by Crippen LogP contribution is 2.28. The molecule has 1 fully saturated rings. The van der Waals surface area contributed by atoms with Crippen molar-refractivity contribution >= 4 is 11.4 Å². The van der Waals surface area contributed by atoms with Crippen LogP contribution in [0.2, 0.25) is 0 Å². The molecular weight excluding hydrogens is 288 g/mol. The molecule has 3 aliphatic rings. The summed E-state index contributed by atoms with van der Waals surface area (Å²) in [5.74, 6) is 1.79. The maximum absolute atomic E-state index is 9.74. The largest absolute Gasteiger partial charge is 0.490 e. The van der Waals surface area contributed by atoms with Crippen molar-refractivity contribution in [3.05, 3.63) is 48.2 Å². The van der Waals surface area contributed by atoms with Crippen molar-refractivity contribution in [2.24, 2.45) is 4.99 Å². The van der Waals surface area contributed by atoms with E-state index >= 15 is 0 Å². The van der Waals surface area contributed by atoms with Crippen LogP contribution in [0.25, 0.3) is 5.57 Å². The Morgan fingerprint density at radius 1 is 1.09 bits per heavy atom. The lowest BCUT2D eigenvalue weighted by Crippen LogP contribution is -2.26. The first kappa shape index (κ1) is 14.5. The topological polar surface area (TPSA) is 45.1 Å². The van der Waals surface area contributed by atoms with Crippen molar-refractivity contribution in [2.45, 2.75) is 44.4 Å². The summed E-state index contributed by atoms with van der Waals surface area (Å²) in [6.07, 6.45) is 12.0. The van der Waals surface area contributed by atoms with Gasteiger partial charge in [-0.1, -0.05) is 18.6 Å². The monoisotopic (exact) mass is 310 g/mol. The Kier molecular flexibility index (Phi) is 3.92. The smallest absolute Gasteiger partial charge is 0.165 e. The van der Waals surface area contributed by atoms with E-state index in [0.717, 1.165) is 22.7 Å². The van der Waals surface area contributed by atoms with Crippen LogP contribution >= 0.6 is 0 Å². The quantitative estimate of drug-likeness (QED) is 0.931. The van der Waals surface area contributed by atoms with Gasteiger partial charge in [0.15, 0.2) is 6.23 Å². The minimum absolute atomic E-state index is 0.372. The molecule has 1 unspecified atom stereocenters. The first-order chi connectivity index (χ1) is 11.3. The van der Waals surface area contributed by atoms with Crippen molar-refractivity contribution in [2.75, 3.05) is 6.54 Å². The van der Waals surface area contributed by atoms with E-state index < -0.39 is 6.23 Å². The Morgan fingerprint density at radius 3 is 2.65 bits per heavy atom. The van der Waals surface area contributed by atoms with E-state index in [0.29, 0.717) is 12.6 Å². The van der Waals surface area contributed by atoms with Crippen LogP contribution in [0.3, 0.4) is 0 Å². The minimum Gasteiger partial charge on any atom is -0.490 e. The molecule has 23 heavy (non-hydrogen) atoms. The highest BCUT2D eigenvalue weighted by molar-refractivity contribution is 6.24. The third-order valence-electron chi connectivity index (χ3n) is 4.69. The molecular formula is C19H22N2O2. The van der Waals surface area contributed by atoms with Gasteiger partial charge >= 0.3 is 0 Å². The first-order valence-corrected chi connectivity index (χ1v) is 8.48. The Morgan fingerprint density at radius 2 is 1.87 bits per heavy atom. The minimum atomic E-state index is -0.634. The molecule has 2 aliphatic heterocycles. The molecule has 1 saturated carbocycles. The molecule has 1 atom stereocenters.